The number of Topliss-reactive ketones (excluding diaryl/α,β-unsaturated/α-hetero) is 1. The molecule has 1 aliphatic heterocycles. The molecule has 6 nitrogen and oxygen atoms in total. The third kappa shape index (κ3) is 4.45. The summed E-state index contributed by atoms with van der Waals surface area (Å²) < 4.78 is 11.0. The van der Waals surface area contributed by atoms with Gasteiger partial charge >= 0.3 is 5.97 Å². The number of phenolic OH excluding ortho intramolecular Hbond substituents is 1. The van der Waals surface area contributed by atoms with E-state index in [9.17, 15) is 14.7 Å². The first-order chi connectivity index (χ1) is 16.3. The molecule has 0 fully saturated rings. The van der Waals surface area contributed by atoms with E-state index in [1.54, 1.807) is 12.1 Å². The molecule has 6 heteroatoms. The van der Waals surface area contributed by atoms with Crippen molar-refractivity contribution in [3.05, 3.63) is 82.2 Å². The van der Waals surface area contributed by atoms with Gasteiger partial charge in [-0.05, 0) is 55.9 Å². The lowest BCUT2D eigenvalue weighted by Gasteiger charge is -2.37. The molecule has 0 bridgehead atoms. The highest BCUT2D eigenvalue weighted by molar-refractivity contribution is 6.04. The Labute approximate surface area is 200 Å². The molecule has 0 aromatic heterocycles. The molecule has 0 radical (unpaired) electrons. The zero-order valence-corrected chi connectivity index (χ0v) is 20.1. The molecule has 0 saturated carbocycles. The summed E-state index contributed by atoms with van der Waals surface area (Å²) in [6.07, 6.45) is 1.47. The molecule has 34 heavy (non-hydrogen) atoms. The van der Waals surface area contributed by atoms with Crippen molar-refractivity contribution < 1.29 is 24.2 Å². The normalized spacial score (nSPS) is 21.0. The van der Waals surface area contributed by atoms with Crippen LogP contribution < -0.4 is 10.1 Å². The Morgan fingerprint density at radius 1 is 1.15 bits per heavy atom. The fraction of sp³-hybridized carbons (Fsp3) is 0.357. The summed E-state index contributed by atoms with van der Waals surface area (Å²) in [5, 5.41) is 13.5. The third-order valence-electron chi connectivity index (χ3n) is 6.74. The average Bonchev–Trinajstić information content (AvgIpc) is 2.83. The first kappa shape index (κ1) is 23.6. The quantitative estimate of drug-likeness (QED) is 0.582. The van der Waals surface area contributed by atoms with Crippen LogP contribution in [0.25, 0.3) is 0 Å². The zero-order valence-electron chi connectivity index (χ0n) is 20.1. The molecular formula is C28H31NO5. The van der Waals surface area contributed by atoms with Crippen LogP contribution in [-0.2, 0) is 14.3 Å². The van der Waals surface area contributed by atoms with Crippen LogP contribution in [0, 0.1) is 0 Å². The maximum atomic E-state index is 13.6. The molecule has 4 rings (SSSR count). The van der Waals surface area contributed by atoms with Gasteiger partial charge in [0.15, 0.2) is 17.3 Å². The average molecular weight is 462 g/mol. The molecule has 0 unspecified atom stereocenters. The van der Waals surface area contributed by atoms with Crippen molar-refractivity contribution in [1.82, 2.24) is 5.32 Å². The van der Waals surface area contributed by atoms with E-state index in [1.807, 2.05) is 51.1 Å². The van der Waals surface area contributed by atoms with Crippen molar-refractivity contribution in [2.75, 3.05) is 7.11 Å². The molecule has 1 heterocycles. The maximum Gasteiger partial charge on any atom is 0.337 e. The largest absolute Gasteiger partial charge is 0.504 e. The van der Waals surface area contributed by atoms with Crippen LogP contribution in [0.2, 0.25) is 0 Å². The highest BCUT2D eigenvalue weighted by atomic mass is 16.5. The lowest BCUT2D eigenvalue weighted by molar-refractivity contribution is -0.144. The smallest absolute Gasteiger partial charge is 0.337 e. The van der Waals surface area contributed by atoms with Gasteiger partial charge in [-0.3, -0.25) is 4.79 Å². The Kier molecular flexibility index (Phi) is 6.77. The number of esters is 1. The van der Waals surface area contributed by atoms with E-state index < -0.39 is 11.9 Å². The Morgan fingerprint density at radius 3 is 2.56 bits per heavy atom. The van der Waals surface area contributed by atoms with E-state index in [4.69, 9.17) is 9.47 Å². The predicted octanol–water partition coefficient (Wildman–Crippen LogP) is 5.10. The second-order valence-electron chi connectivity index (χ2n) is 8.98. The van der Waals surface area contributed by atoms with Crippen LogP contribution in [0.4, 0.5) is 0 Å². The summed E-state index contributed by atoms with van der Waals surface area (Å²) in [6, 6.07) is 15.0. The minimum absolute atomic E-state index is 0.000912. The molecule has 1 aliphatic carbocycles. The van der Waals surface area contributed by atoms with Crippen LogP contribution in [0.3, 0.4) is 0 Å². The van der Waals surface area contributed by atoms with Crippen molar-refractivity contribution >= 4 is 11.8 Å². The molecule has 2 N–H and O–H groups in total. The van der Waals surface area contributed by atoms with Crippen LogP contribution in [-0.4, -0.2) is 30.1 Å². The Morgan fingerprint density at radius 2 is 1.88 bits per heavy atom. The summed E-state index contributed by atoms with van der Waals surface area (Å²) in [4.78, 5) is 26.9. The molecule has 3 atom stereocenters. The lowest BCUT2D eigenvalue weighted by atomic mass is 9.71. The van der Waals surface area contributed by atoms with E-state index >= 15 is 0 Å². The van der Waals surface area contributed by atoms with Crippen molar-refractivity contribution in [3.63, 3.8) is 0 Å². The van der Waals surface area contributed by atoms with Gasteiger partial charge in [0, 0.05) is 29.3 Å². The molecule has 0 amide bonds. The van der Waals surface area contributed by atoms with Crippen molar-refractivity contribution in [1.29, 1.82) is 0 Å². The number of dihydropyridines is 1. The van der Waals surface area contributed by atoms with Gasteiger partial charge < -0.3 is 19.9 Å². The fourth-order valence-corrected chi connectivity index (χ4v) is 4.81. The lowest BCUT2D eigenvalue weighted by Crippen LogP contribution is -2.36. The number of ether oxygens (including phenoxy) is 2. The van der Waals surface area contributed by atoms with E-state index in [1.165, 1.54) is 13.2 Å². The molecule has 2 aromatic rings. The predicted molar refractivity (Wildman–Crippen MR) is 130 cm³/mol. The monoisotopic (exact) mass is 461 g/mol. The number of hydrogen-bond donors (Lipinski definition) is 2. The number of rotatable bonds is 6. The van der Waals surface area contributed by atoms with Crippen molar-refractivity contribution in [3.8, 4) is 11.5 Å². The molecular weight excluding hydrogens is 430 g/mol. The van der Waals surface area contributed by atoms with Gasteiger partial charge in [0.25, 0.3) is 0 Å². The maximum absolute atomic E-state index is 13.6. The SMILES string of the molecule is CC[C@H](C)OC(=O)C1=C(C)NC2=C(C(=O)C[C@@H](c3ccccc3)C2)[C@H]1c1ccc(O)c(OC)c1. The van der Waals surface area contributed by atoms with E-state index in [2.05, 4.69) is 5.32 Å². The first-order valence-electron chi connectivity index (χ1n) is 11.7. The van der Waals surface area contributed by atoms with Crippen molar-refractivity contribution in [2.24, 2.45) is 0 Å². The number of allylic oxidation sites excluding steroid dienone is 3. The number of benzene rings is 2. The summed E-state index contributed by atoms with van der Waals surface area (Å²) in [5.74, 6) is -0.696. The topological polar surface area (TPSA) is 84.9 Å². The molecule has 0 saturated heterocycles. The molecule has 0 spiro atoms. The van der Waals surface area contributed by atoms with Gasteiger partial charge in [0.05, 0.1) is 18.8 Å². The van der Waals surface area contributed by atoms with E-state index in [0.717, 1.165) is 11.3 Å². The number of carbonyl (C=O) groups excluding carboxylic acids is 2. The number of methoxy groups -OCH3 is 1. The number of phenols is 1. The second-order valence-corrected chi connectivity index (χ2v) is 8.98. The van der Waals surface area contributed by atoms with Gasteiger partial charge in [-0.25, -0.2) is 4.79 Å². The second kappa shape index (κ2) is 9.75. The standard InChI is InChI=1S/C28H31NO5/c1-5-16(2)34-28(32)25-17(3)29-21-13-20(18-9-7-6-8-10-18)14-23(31)27(21)26(25)19-11-12-22(30)24(15-19)33-4/h6-12,15-16,20,26,29-30H,5,13-14H2,1-4H3/t16-,20-,26-/m0/s1. The molecule has 178 valence electrons. The highest BCUT2D eigenvalue weighted by Crippen LogP contribution is 2.47. The summed E-state index contributed by atoms with van der Waals surface area (Å²) in [6.45, 7) is 5.65. The number of nitrogens with one attached hydrogen (secondary N) is 1. The fourth-order valence-electron chi connectivity index (χ4n) is 4.81. The third-order valence-corrected chi connectivity index (χ3v) is 6.74. The Hall–Kier alpha value is -3.54. The van der Waals surface area contributed by atoms with Crippen LogP contribution in [0.1, 0.15) is 63.0 Å². The first-order valence-corrected chi connectivity index (χ1v) is 11.7. The van der Waals surface area contributed by atoms with Crippen LogP contribution in [0.5, 0.6) is 11.5 Å². The van der Waals surface area contributed by atoms with Crippen LogP contribution in [0.15, 0.2) is 71.1 Å². The Balaban J connectivity index is 1.82. The minimum Gasteiger partial charge on any atom is -0.504 e. The van der Waals surface area contributed by atoms with Gasteiger partial charge in [-0.15, -0.1) is 0 Å². The Bertz CT molecular complexity index is 1160. The zero-order chi connectivity index (χ0) is 24.4. The summed E-state index contributed by atoms with van der Waals surface area (Å²) >= 11 is 0. The van der Waals surface area contributed by atoms with Crippen LogP contribution >= 0.6 is 0 Å². The van der Waals surface area contributed by atoms with E-state index in [-0.39, 0.29) is 29.3 Å². The van der Waals surface area contributed by atoms with Gasteiger partial charge in [0.2, 0.25) is 0 Å². The molecule has 2 aromatic carbocycles. The number of carbonyl (C=O) groups is 2. The van der Waals surface area contributed by atoms with Gasteiger partial charge in [-0.1, -0.05) is 43.3 Å². The minimum atomic E-state index is -0.605. The van der Waals surface area contributed by atoms with E-state index in [0.29, 0.717) is 41.7 Å². The summed E-state index contributed by atoms with van der Waals surface area (Å²) in [7, 11) is 1.47. The summed E-state index contributed by atoms with van der Waals surface area (Å²) in [5.41, 5.74) is 4.33. The molecule has 2 aliphatic rings. The number of aromatic hydroxyl groups is 1. The van der Waals surface area contributed by atoms with Crippen molar-refractivity contribution in [2.45, 2.75) is 58.0 Å². The van der Waals surface area contributed by atoms with Gasteiger partial charge in [0.1, 0.15) is 0 Å². The number of hydrogen-bond acceptors (Lipinski definition) is 6. The number of ketones is 1. The highest BCUT2D eigenvalue weighted by Gasteiger charge is 2.41. The van der Waals surface area contributed by atoms with Gasteiger partial charge in [-0.2, -0.15) is 0 Å².